The lowest BCUT2D eigenvalue weighted by atomic mass is 10.9. The van der Waals surface area contributed by atoms with Gasteiger partial charge >= 0.3 is 70.4 Å². The van der Waals surface area contributed by atoms with E-state index < -0.39 is 124 Å². The highest BCUT2D eigenvalue weighted by Gasteiger charge is 2.83. The Morgan fingerprint density at radius 2 is 0.265 bits per heavy atom. The lowest BCUT2D eigenvalue weighted by molar-refractivity contribution is -0.0285. The first-order valence-corrected chi connectivity index (χ1v) is 74.9. The second kappa shape index (κ2) is 23.4. The van der Waals surface area contributed by atoms with Crippen LogP contribution in [0.25, 0.3) is 0 Å². The van der Waals surface area contributed by atoms with Gasteiger partial charge in [-0.3, -0.25) is 0 Å². The van der Waals surface area contributed by atoms with Crippen LogP contribution in [0.15, 0.2) is 0 Å². The van der Waals surface area contributed by atoms with Crippen molar-refractivity contribution in [1.82, 2.24) is 0 Å². The predicted octanol–water partition coefficient (Wildman–Crippen LogP) is 16.2. The molecule has 0 amide bonds. The largest absolute Gasteiger partial charge is 0.478 e. The van der Waals surface area contributed by atoms with Gasteiger partial charge in [0, 0.05) is 48.4 Å². The number of halogens is 16. The van der Waals surface area contributed by atoms with Gasteiger partial charge in [0.15, 0.2) is 0 Å². The molecule has 8 bridgehead atoms. The van der Waals surface area contributed by atoms with Gasteiger partial charge in [-0.2, -0.15) is 0 Å². The fraction of sp³-hybridized carbons (Fsp3) is 1.00. The third-order valence-electron chi connectivity index (χ3n) is 10.7. The van der Waals surface area contributed by atoms with Gasteiger partial charge in [0.2, 0.25) is 53.5 Å². The summed E-state index contributed by atoms with van der Waals surface area (Å²) in [5.41, 5.74) is 0. The van der Waals surface area contributed by atoms with E-state index >= 15 is 0 Å². The first kappa shape index (κ1) is 66.4. The molecule has 68 heavy (non-hydrogen) atoms. The van der Waals surface area contributed by atoms with Gasteiger partial charge in [-0.25, -0.2) is 0 Å². The Morgan fingerprint density at radius 3 is 0.324 bits per heavy atom. The normalized spacial score (nSPS) is 36.4. The third-order valence-corrected chi connectivity index (χ3v) is 69.5. The molecule has 0 unspecified atom stereocenters. The Bertz CT molecular complexity index is 1330. The zero-order chi connectivity index (χ0) is 51.8. The Balaban J connectivity index is 2.02. The fourth-order valence-electron chi connectivity index (χ4n) is 7.55. The molecule has 0 aromatic rings. The maximum absolute atomic E-state index is 7.70. The molecule has 6 fully saturated rings. The third kappa shape index (κ3) is 21.1. The van der Waals surface area contributed by atoms with Crippen molar-refractivity contribution in [2.24, 2.45) is 0 Å². The van der Waals surface area contributed by atoms with Crippen molar-refractivity contribution >= 4 is 301 Å². The topological polar surface area (TPSA) is 111 Å². The zero-order valence-corrected chi connectivity index (χ0v) is 66.4. The summed E-state index contributed by atoms with van der Waals surface area (Å²) in [6.07, 6.45) is 0. The predicted molar refractivity (Wildman–Crippen MR) is 323 cm³/mol. The average molecular weight is 1550 g/mol. The minimum Gasteiger partial charge on any atom is -0.373 e. The van der Waals surface area contributed by atoms with Crippen molar-refractivity contribution in [3.05, 3.63) is 0 Å². The molecule has 6 saturated heterocycles. The van der Waals surface area contributed by atoms with Crippen LogP contribution in [0, 0.1) is 0 Å². The Labute approximate surface area is 493 Å². The van der Waals surface area contributed by atoms with Crippen LogP contribution in [0.3, 0.4) is 0 Å². The molecule has 400 valence electrons. The zero-order valence-electron chi connectivity index (χ0n) is 38.3. The minimum absolute atomic E-state index is 0.00108. The SMILES string of the molecule is C[Si](Cl)(Cl)CC[Si]12O[Si]3(CC[Si](C)(Cl)Cl)O[Si]4(CC[Si](C)(Cl)Cl)O[Si](CC[Si](C)(Cl)Cl)(O1)O[Si]1(CC[Si](C)(Cl)Cl)O[Si](CC[Si](C)(Cl)Cl)(O2)O[Si](CC[Si](C)(Cl)Cl)(O3)O[Si](CC[Si](C)(Cl)Cl)(O4)O1. The lowest BCUT2D eigenvalue weighted by Crippen LogP contribution is -2.88. The molecule has 0 radical (unpaired) electrons. The summed E-state index contributed by atoms with van der Waals surface area (Å²) in [5.74, 6) is 0. The molecule has 0 aliphatic carbocycles. The van der Waals surface area contributed by atoms with E-state index in [1.807, 2.05) is 0 Å². The molecule has 0 N–H and O–H groups in total. The van der Waals surface area contributed by atoms with Crippen LogP contribution >= 0.6 is 177 Å². The lowest BCUT2D eigenvalue weighted by Gasteiger charge is -2.63. The van der Waals surface area contributed by atoms with Crippen molar-refractivity contribution in [2.45, 2.75) is 149 Å². The molecule has 0 spiro atoms. The summed E-state index contributed by atoms with van der Waals surface area (Å²) in [5, 5.41) is 0. The van der Waals surface area contributed by atoms with Crippen LogP contribution in [0.4, 0.5) is 0 Å². The summed E-state index contributed by atoms with van der Waals surface area (Å²) in [6, 6.07) is 1.52. The molecular formula is C24H56Cl16O12Si16. The Hall–Kier alpha value is 7.63. The van der Waals surface area contributed by atoms with Crippen LogP contribution in [-0.4, -0.2) is 124 Å². The molecule has 12 nitrogen and oxygen atoms in total. The summed E-state index contributed by atoms with van der Waals surface area (Å²) in [6.45, 7) is -9.99. The summed E-state index contributed by atoms with van der Waals surface area (Å²) >= 11 is 111. The van der Waals surface area contributed by atoms with E-state index in [2.05, 4.69) is 0 Å². The quantitative estimate of drug-likeness (QED) is 0.0678. The van der Waals surface area contributed by atoms with E-state index in [1.165, 1.54) is 0 Å². The second-order valence-electron chi connectivity index (χ2n) is 19.3. The van der Waals surface area contributed by atoms with Crippen LogP contribution in [0.2, 0.25) is 149 Å². The summed E-state index contributed by atoms with van der Waals surface area (Å²) in [7, 11) is -36.5. The molecule has 6 rings (SSSR count). The monoisotopic (exact) mass is 1540 g/mol. The van der Waals surface area contributed by atoms with E-state index in [-0.39, 0.29) is 96.7 Å². The van der Waals surface area contributed by atoms with Gasteiger partial charge in [-0.05, 0) is 101 Å². The number of hydrogen-bond acceptors (Lipinski definition) is 12. The van der Waals surface area contributed by atoms with Crippen LogP contribution in [0.1, 0.15) is 0 Å². The number of rotatable bonds is 24. The highest BCUT2D eigenvalue weighted by Crippen LogP contribution is 2.57. The van der Waals surface area contributed by atoms with Gasteiger partial charge in [0.25, 0.3) is 0 Å². The molecule has 6 aliphatic rings. The van der Waals surface area contributed by atoms with E-state index in [0.29, 0.717) is 0 Å². The van der Waals surface area contributed by atoms with Crippen LogP contribution in [0.5, 0.6) is 0 Å². The molecule has 6 heterocycles. The fourth-order valence-corrected chi connectivity index (χ4v) is 90.5. The van der Waals surface area contributed by atoms with Crippen LogP contribution < -0.4 is 0 Å². The first-order chi connectivity index (χ1) is 30.1. The molecule has 0 saturated carbocycles. The molecule has 6 aliphatic heterocycles. The van der Waals surface area contributed by atoms with Gasteiger partial charge in [0.05, 0.1) is 0 Å². The van der Waals surface area contributed by atoms with Gasteiger partial charge < -0.3 is 49.4 Å². The molecule has 0 aromatic heterocycles. The van der Waals surface area contributed by atoms with Gasteiger partial charge in [-0.1, -0.05) is 0 Å². The van der Waals surface area contributed by atoms with Gasteiger partial charge in [0.1, 0.15) is 0 Å². The van der Waals surface area contributed by atoms with E-state index in [1.54, 1.807) is 52.4 Å². The molecule has 44 heteroatoms. The second-order valence-corrected chi connectivity index (χ2v) is 110. The molecule has 0 atom stereocenters. The summed E-state index contributed by atoms with van der Waals surface area (Å²) < 4.78 is 92.4. The smallest absolute Gasteiger partial charge is 0.373 e. The molecular weight excluding hydrogens is 1500 g/mol. The molecule has 0 aromatic carbocycles. The van der Waals surface area contributed by atoms with Gasteiger partial charge in [-0.15, -0.1) is 177 Å². The van der Waals surface area contributed by atoms with Crippen molar-refractivity contribution in [2.75, 3.05) is 0 Å². The maximum Gasteiger partial charge on any atom is 0.478 e. The van der Waals surface area contributed by atoms with E-state index in [4.69, 9.17) is 227 Å². The summed E-state index contributed by atoms with van der Waals surface area (Å²) in [4.78, 5) is 0. The van der Waals surface area contributed by atoms with E-state index in [0.717, 1.165) is 0 Å². The van der Waals surface area contributed by atoms with Crippen molar-refractivity contribution in [3.63, 3.8) is 0 Å². The van der Waals surface area contributed by atoms with Crippen molar-refractivity contribution < 1.29 is 49.4 Å². The van der Waals surface area contributed by atoms with Crippen LogP contribution in [-0.2, 0) is 49.4 Å². The van der Waals surface area contributed by atoms with Crippen molar-refractivity contribution in [3.8, 4) is 0 Å². The van der Waals surface area contributed by atoms with E-state index in [9.17, 15) is 0 Å². The Morgan fingerprint density at radius 1 is 0.191 bits per heavy atom. The Kier molecular flexibility index (Phi) is 22.8. The highest BCUT2D eigenvalue weighted by molar-refractivity contribution is 7.48. The first-order valence-electron chi connectivity index (χ1n) is 21.6. The van der Waals surface area contributed by atoms with Crippen molar-refractivity contribution in [1.29, 1.82) is 0 Å². The minimum atomic E-state index is -4.57. The highest BCUT2D eigenvalue weighted by atomic mass is 35.7. The standard InChI is InChI=1S/C24H56Cl16O12Si16/c1-53(25,26)9-17-61-41-62(18-10-54(2,27)28)44-65(21-13-57(5,33)34)46-63(42-61,19-11-55(3,29)30)48-67(23-15-59(7,37)38)49-64(43-61,20-12-56(4,31)32)47-66(45-62,22-14-58(6,35)36)51-68(50-65,52-67)24-16-60(8,39)40/h9-24H2,1-8H3. The maximum atomic E-state index is 7.70. The average Bonchev–Trinajstić information content (AvgIpc) is 3.06. The number of hydrogen-bond donors (Lipinski definition) is 0.